The molecule has 106 valence electrons. The normalized spacial score (nSPS) is 10.3. The van der Waals surface area contributed by atoms with E-state index in [1.54, 1.807) is 24.3 Å². The van der Waals surface area contributed by atoms with Crippen LogP contribution in [0.15, 0.2) is 24.3 Å². The highest BCUT2D eigenvalue weighted by Gasteiger charge is 2.27. The van der Waals surface area contributed by atoms with Crippen molar-refractivity contribution >= 4 is 11.8 Å². The van der Waals surface area contributed by atoms with Crippen LogP contribution in [0.2, 0.25) is 0 Å². The van der Waals surface area contributed by atoms with E-state index in [0.717, 1.165) is 0 Å². The van der Waals surface area contributed by atoms with Gasteiger partial charge < -0.3 is 16.2 Å². The molecule has 20 heavy (non-hydrogen) atoms. The first kappa shape index (κ1) is 15.7. The van der Waals surface area contributed by atoms with Crippen molar-refractivity contribution in [3.8, 4) is 11.8 Å². The summed E-state index contributed by atoms with van der Waals surface area (Å²) >= 11 is 0. The maximum absolute atomic E-state index is 12.0. The van der Waals surface area contributed by atoms with Gasteiger partial charge in [0.25, 0.3) is 5.91 Å². The van der Waals surface area contributed by atoms with Crippen LogP contribution in [0.3, 0.4) is 0 Å². The van der Waals surface area contributed by atoms with Gasteiger partial charge in [-0.2, -0.15) is 0 Å². The summed E-state index contributed by atoms with van der Waals surface area (Å²) in [5.41, 5.74) is 5.16. The maximum Gasteiger partial charge on any atom is 0.252 e. The van der Waals surface area contributed by atoms with Crippen molar-refractivity contribution in [1.82, 2.24) is 5.32 Å². The molecule has 0 bridgehead atoms. The molecule has 5 heteroatoms. The molecule has 0 radical (unpaired) electrons. The minimum Gasteiger partial charge on any atom is -0.395 e. The number of carbonyl (C=O) groups excluding carboxylic acids is 2. The summed E-state index contributed by atoms with van der Waals surface area (Å²) in [7, 11) is 0. The van der Waals surface area contributed by atoms with E-state index < -0.39 is 11.4 Å². The highest BCUT2D eigenvalue weighted by molar-refractivity contribution is 5.98. The summed E-state index contributed by atoms with van der Waals surface area (Å²) in [6.45, 7) is 3.08. The summed E-state index contributed by atoms with van der Waals surface area (Å²) in [5.74, 6) is 4.63. The average molecular weight is 274 g/mol. The van der Waals surface area contributed by atoms with E-state index in [4.69, 9.17) is 10.8 Å². The molecule has 0 spiro atoms. The van der Waals surface area contributed by atoms with Crippen LogP contribution in [0.5, 0.6) is 0 Å². The molecule has 0 fully saturated rings. The van der Waals surface area contributed by atoms with E-state index in [1.165, 1.54) is 13.8 Å². The van der Waals surface area contributed by atoms with E-state index in [2.05, 4.69) is 17.2 Å². The monoisotopic (exact) mass is 274 g/mol. The van der Waals surface area contributed by atoms with Gasteiger partial charge in [-0.1, -0.05) is 17.9 Å². The molecule has 0 saturated heterocycles. The van der Waals surface area contributed by atoms with Crippen LogP contribution in [0.25, 0.3) is 0 Å². The number of primary amides is 1. The number of rotatable bonds is 4. The third-order valence-corrected chi connectivity index (χ3v) is 2.64. The fourth-order valence-electron chi connectivity index (χ4n) is 1.38. The van der Waals surface area contributed by atoms with E-state index >= 15 is 0 Å². The first-order valence-corrected chi connectivity index (χ1v) is 6.19. The van der Waals surface area contributed by atoms with Gasteiger partial charge in [-0.25, -0.2) is 0 Å². The third-order valence-electron chi connectivity index (χ3n) is 2.64. The zero-order chi connectivity index (χ0) is 15.2. The van der Waals surface area contributed by atoms with Crippen LogP contribution in [0, 0.1) is 11.8 Å². The third kappa shape index (κ3) is 4.41. The molecule has 1 aromatic carbocycles. The van der Waals surface area contributed by atoms with Crippen LogP contribution in [0.1, 0.15) is 36.2 Å². The van der Waals surface area contributed by atoms with E-state index in [0.29, 0.717) is 17.5 Å². The Bertz CT molecular complexity index is 568. The number of amides is 2. The summed E-state index contributed by atoms with van der Waals surface area (Å²) in [4.78, 5) is 23.2. The van der Waals surface area contributed by atoms with Crippen molar-refractivity contribution in [2.75, 3.05) is 6.61 Å². The second kappa shape index (κ2) is 6.73. The van der Waals surface area contributed by atoms with Crippen molar-refractivity contribution in [1.29, 1.82) is 0 Å². The summed E-state index contributed by atoms with van der Waals surface area (Å²) < 4.78 is 0. The quantitative estimate of drug-likeness (QED) is 0.694. The number of nitrogens with one attached hydrogen (secondary N) is 1. The van der Waals surface area contributed by atoms with Gasteiger partial charge in [-0.3, -0.25) is 9.59 Å². The molecule has 0 atom stereocenters. The van der Waals surface area contributed by atoms with Crippen molar-refractivity contribution in [3.63, 3.8) is 0 Å². The number of carbonyl (C=O) groups is 2. The Hall–Kier alpha value is -2.32. The molecule has 2 amide bonds. The lowest BCUT2D eigenvalue weighted by Crippen LogP contribution is -2.53. The number of hydrogen-bond donors (Lipinski definition) is 3. The molecular weight excluding hydrogens is 256 g/mol. The Morgan fingerprint density at radius 3 is 2.70 bits per heavy atom. The Balaban J connectivity index is 2.88. The van der Waals surface area contributed by atoms with Crippen LogP contribution < -0.4 is 11.1 Å². The van der Waals surface area contributed by atoms with Gasteiger partial charge in [-0.05, 0) is 32.0 Å². The van der Waals surface area contributed by atoms with Crippen LogP contribution in [-0.2, 0) is 4.79 Å². The fraction of sp³-hybridized carbons (Fsp3) is 0.333. The van der Waals surface area contributed by atoms with Gasteiger partial charge in [0.1, 0.15) is 5.54 Å². The summed E-state index contributed by atoms with van der Waals surface area (Å²) in [6.07, 6.45) is 0.380. The van der Waals surface area contributed by atoms with E-state index in [1.807, 2.05) is 0 Å². The topological polar surface area (TPSA) is 92.4 Å². The van der Waals surface area contributed by atoms with Crippen molar-refractivity contribution < 1.29 is 14.7 Å². The molecular formula is C15H18N2O3. The summed E-state index contributed by atoms with van der Waals surface area (Å²) in [5, 5.41) is 11.2. The zero-order valence-corrected chi connectivity index (χ0v) is 11.6. The highest BCUT2D eigenvalue weighted by Crippen LogP contribution is 2.07. The fourth-order valence-corrected chi connectivity index (χ4v) is 1.38. The first-order valence-electron chi connectivity index (χ1n) is 6.19. The largest absolute Gasteiger partial charge is 0.395 e. The van der Waals surface area contributed by atoms with Crippen LogP contribution in [0.4, 0.5) is 0 Å². The molecule has 4 N–H and O–H groups in total. The number of nitrogens with two attached hydrogens (primary N) is 1. The molecule has 0 aliphatic rings. The van der Waals surface area contributed by atoms with Gasteiger partial charge in [0.2, 0.25) is 5.91 Å². The number of aliphatic hydroxyl groups is 1. The molecule has 0 aliphatic carbocycles. The van der Waals surface area contributed by atoms with Gasteiger partial charge in [0, 0.05) is 17.5 Å². The lowest BCUT2D eigenvalue weighted by Gasteiger charge is -2.22. The molecule has 1 aromatic rings. The van der Waals surface area contributed by atoms with E-state index in [9.17, 15) is 9.59 Å². The smallest absolute Gasteiger partial charge is 0.252 e. The number of hydrogen-bond acceptors (Lipinski definition) is 3. The summed E-state index contributed by atoms with van der Waals surface area (Å²) in [6, 6.07) is 6.72. The molecule has 0 heterocycles. The predicted molar refractivity (Wildman–Crippen MR) is 75.8 cm³/mol. The Labute approximate surface area is 118 Å². The SMILES string of the molecule is CC(C)(NC(=O)c1cccc(C#CCCO)c1)C(N)=O. The maximum atomic E-state index is 12.0. The van der Waals surface area contributed by atoms with Crippen LogP contribution >= 0.6 is 0 Å². The Morgan fingerprint density at radius 1 is 1.40 bits per heavy atom. The van der Waals surface area contributed by atoms with Crippen molar-refractivity contribution in [3.05, 3.63) is 35.4 Å². The standard InChI is InChI=1S/C15H18N2O3/c1-15(2,14(16)20)17-13(19)12-8-5-7-11(10-12)6-3-4-9-18/h5,7-8,10,18H,4,9H2,1-2H3,(H2,16,20)(H,17,19). The molecule has 0 aromatic heterocycles. The first-order chi connectivity index (χ1) is 9.36. The van der Waals surface area contributed by atoms with Crippen LogP contribution in [-0.4, -0.2) is 29.1 Å². The van der Waals surface area contributed by atoms with Crippen molar-refractivity contribution in [2.45, 2.75) is 25.8 Å². The molecule has 0 saturated carbocycles. The lowest BCUT2D eigenvalue weighted by molar-refractivity contribution is -0.122. The highest BCUT2D eigenvalue weighted by atomic mass is 16.2. The van der Waals surface area contributed by atoms with Crippen molar-refractivity contribution in [2.24, 2.45) is 5.73 Å². The predicted octanol–water partition coefficient (Wildman–Crippen LogP) is 0.414. The molecule has 0 unspecified atom stereocenters. The lowest BCUT2D eigenvalue weighted by atomic mass is 10.0. The molecule has 0 aliphatic heterocycles. The van der Waals surface area contributed by atoms with Gasteiger partial charge >= 0.3 is 0 Å². The van der Waals surface area contributed by atoms with Gasteiger partial charge in [-0.15, -0.1) is 0 Å². The van der Waals surface area contributed by atoms with Gasteiger partial charge in [0.05, 0.1) is 6.61 Å². The van der Waals surface area contributed by atoms with E-state index in [-0.39, 0.29) is 12.5 Å². The second-order valence-electron chi connectivity index (χ2n) is 4.80. The second-order valence-corrected chi connectivity index (χ2v) is 4.80. The Morgan fingerprint density at radius 2 is 2.10 bits per heavy atom. The average Bonchev–Trinajstić information content (AvgIpc) is 2.38. The molecule has 5 nitrogen and oxygen atoms in total. The number of benzene rings is 1. The molecule has 1 rings (SSSR count). The Kier molecular flexibility index (Phi) is 5.30. The number of aliphatic hydroxyl groups excluding tert-OH is 1. The minimum atomic E-state index is -1.12. The van der Waals surface area contributed by atoms with Gasteiger partial charge in [0.15, 0.2) is 0 Å². The zero-order valence-electron chi connectivity index (χ0n) is 11.6. The minimum absolute atomic E-state index is 0.0000220.